The molecule has 5 nitrogen and oxygen atoms in total. The zero-order valence-corrected chi connectivity index (χ0v) is 16.0. The van der Waals surface area contributed by atoms with Crippen molar-refractivity contribution in [3.8, 4) is 0 Å². The number of amides is 1. The summed E-state index contributed by atoms with van der Waals surface area (Å²) in [5.41, 5.74) is 0.969. The van der Waals surface area contributed by atoms with Gasteiger partial charge >= 0.3 is 5.97 Å². The molecule has 1 aliphatic heterocycles. The SMILES string of the molecule is O=C(OCC(=O)N1CCC[C@H]2CCCC[C@@H]21)c1cc(Cl)nc2ccccc12. The van der Waals surface area contributed by atoms with E-state index in [4.69, 9.17) is 16.3 Å². The quantitative estimate of drug-likeness (QED) is 0.585. The monoisotopic (exact) mass is 386 g/mol. The van der Waals surface area contributed by atoms with Crippen LogP contribution in [-0.2, 0) is 9.53 Å². The molecule has 142 valence electrons. The van der Waals surface area contributed by atoms with Crippen molar-refractivity contribution in [3.05, 3.63) is 41.0 Å². The molecule has 27 heavy (non-hydrogen) atoms. The third-order valence-electron chi connectivity index (χ3n) is 5.80. The fraction of sp³-hybridized carbons (Fsp3) is 0.476. The highest BCUT2D eigenvalue weighted by Crippen LogP contribution is 2.35. The number of aromatic nitrogens is 1. The number of fused-ring (bicyclic) bond motifs is 2. The van der Waals surface area contributed by atoms with Crippen LogP contribution in [0.4, 0.5) is 0 Å². The maximum absolute atomic E-state index is 12.7. The number of carbonyl (C=O) groups is 2. The van der Waals surface area contributed by atoms with Crippen LogP contribution in [0.2, 0.25) is 5.15 Å². The number of pyridine rings is 1. The van der Waals surface area contributed by atoms with Crippen molar-refractivity contribution in [3.63, 3.8) is 0 Å². The van der Waals surface area contributed by atoms with Crippen LogP contribution in [0.3, 0.4) is 0 Å². The molecule has 0 unspecified atom stereocenters. The number of carbonyl (C=O) groups excluding carboxylic acids is 2. The number of ether oxygens (including phenoxy) is 1. The van der Waals surface area contributed by atoms with E-state index in [2.05, 4.69) is 4.98 Å². The Bertz CT molecular complexity index is 868. The highest BCUT2D eigenvalue weighted by Gasteiger charge is 2.35. The molecule has 4 rings (SSSR count). The lowest BCUT2D eigenvalue weighted by Crippen LogP contribution is -2.50. The van der Waals surface area contributed by atoms with Gasteiger partial charge in [-0.3, -0.25) is 4.79 Å². The van der Waals surface area contributed by atoms with Gasteiger partial charge in [0.2, 0.25) is 0 Å². The number of para-hydroxylation sites is 1. The number of halogens is 1. The van der Waals surface area contributed by atoms with Crippen molar-refractivity contribution in [1.29, 1.82) is 0 Å². The summed E-state index contributed by atoms with van der Waals surface area (Å²) >= 11 is 6.03. The van der Waals surface area contributed by atoms with E-state index in [1.54, 1.807) is 12.1 Å². The number of piperidine rings is 1. The summed E-state index contributed by atoms with van der Waals surface area (Å²) in [6.45, 7) is 0.540. The Morgan fingerprint density at radius 2 is 1.93 bits per heavy atom. The van der Waals surface area contributed by atoms with Crippen LogP contribution in [0.25, 0.3) is 10.9 Å². The molecule has 2 heterocycles. The van der Waals surface area contributed by atoms with Crippen LogP contribution in [0.1, 0.15) is 48.9 Å². The smallest absolute Gasteiger partial charge is 0.339 e. The number of nitrogens with zero attached hydrogens (tertiary/aromatic N) is 2. The van der Waals surface area contributed by atoms with E-state index < -0.39 is 5.97 Å². The molecule has 1 saturated carbocycles. The summed E-state index contributed by atoms with van der Waals surface area (Å²) < 4.78 is 5.37. The Morgan fingerprint density at radius 1 is 1.15 bits per heavy atom. The van der Waals surface area contributed by atoms with Gasteiger partial charge in [0, 0.05) is 18.0 Å². The molecule has 1 aromatic heterocycles. The molecule has 1 aliphatic carbocycles. The van der Waals surface area contributed by atoms with Crippen molar-refractivity contribution in [1.82, 2.24) is 9.88 Å². The molecule has 1 amide bonds. The second-order valence-corrected chi connectivity index (χ2v) is 7.81. The van der Waals surface area contributed by atoms with Gasteiger partial charge in [-0.2, -0.15) is 0 Å². The maximum Gasteiger partial charge on any atom is 0.339 e. The summed E-state index contributed by atoms with van der Waals surface area (Å²) in [5, 5.41) is 0.901. The lowest BCUT2D eigenvalue weighted by molar-refractivity contribution is -0.140. The molecular formula is C21H23ClN2O3. The summed E-state index contributed by atoms with van der Waals surface area (Å²) in [5.74, 6) is -0.0273. The second-order valence-electron chi connectivity index (χ2n) is 7.43. The van der Waals surface area contributed by atoms with Crippen LogP contribution in [0.5, 0.6) is 0 Å². The van der Waals surface area contributed by atoms with Gasteiger partial charge < -0.3 is 9.64 Å². The lowest BCUT2D eigenvalue weighted by Gasteiger charge is -2.44. The molecule has 2 aromatic rings. The summed E-state index contributed by atoms with van der Waals surface area (Å²) in [4.78, 5) is 31.5. The molecule has 1 saturated heterocycles. The molecule has 0 N–H and O–H groups in total. The molecule has 2 atom stereocenters. The molecule has 0 radical (unpaired) electrons. The van der Waals surface area contributed by atoms with Crippen LogP contribution < -0.4 is 0 Å². The van der Waals surface area contributed by atoms with Crippen LogP contribution in [0.15, 0.2) is 30.3 Å². The number of esters is 1. The van der Waals surface area contributed by atoms with Gasteiger partial charge in [-0.15, -0.1) is 0 Å². The van der Waals surface area contributed by atoms with E-state index in [1.807, 2.05) is 17.0 Å². The van der Waals surface area contributed by atoms with E-state index in [-0.39, 0.29) is 17.7 Å². The number of benzene rings is 1. The minimum atomic E-state index is -0.541. The minimum Gasteiger partial charge on any atom is -0.452 e. The predicted octanol–water partition coefficient (Wildman–Crippen LogP) is 4.23. The largest absolute Gasteiger partial charge is 0.452 e. The third-order valence-corrected chi connectivity index (χ3v) is 5.99. The third kappa shape index (κ3) is 3.79. The predicted molar refractivity (Wildman–Crippen MR) is 104 cm³/mol. The van der Waals surface area contributed by atoms with E-state index in [9.17, 15) is 9.59 Å². The van der Waals surface area contributed by atoms with E-state index in [0.29, 0.717) is 28.4 Å². The first-order valence-electron chi connectivity index (χ1n) is 9.65. The van der Waals surface area contributed by atoms with Gasteiger partial charge in [-0.1, -0.05) is 42.6 Å². The first-order valence-corrected chi connectivity index (χ1v) is 10.0. The maximum atomic E-state index is 12.7. The molecule has 1 aromatic carbocycles. The Balaban J connectivity index is 1.45. The van der Waals surface area contributed by atoms with Crippen molar-refractivity contribution in [2.45, 2.75) is 44.6 Å². The Labute approximate surface area is 163 Å². The molecule has 2 fully saturated rings. The van der Waals surface area contributed by atoms with E-state index >= 15 is 0 Å². The Kier molecular flexibility index (Phi) is 5.30. The van der Waals surface area contributed by atoms with Crippen molar-refractivity contribution in [2.75, 3.05) is 13.2 Å². The van der Waals surface area contributed by atoms with Crippen LogP contribution in [-0.4, -0.2) is 41.0 Å². The minimum absolute atomic E-state index is 0.0931. The normalized spacial score (nSPS) is 22.3. The lowest BCUT2D eigenvalue weighted by atomic mass is 9.78. The number of likely N-dealkylation sites (tertiary alicyclic amines) is 1. The topological polar surface area (TPSA) is 59.5 Å². The fourth-order valence-electron chi connectivity index (χ4n) is 4.53. The van der Waals surface area contributed by atoms with Crippen molar-refractivity contribution < 1.29 is 14.3 Å². The first-order chi connectivity index (χ1) is 13.1. The summed E-state index contributed by atoms with van der Waals surface area (Å²) in [7, 11) is 0. The average molecular weight is 387 g/mol. The molecule has 2 aliphatic rings. The van der Waals surface area contributed by atoms with Gasteiger partial charge in [-0.25, -0.2) is 9.78 Å². The van der Waals surface area contributed by atoms with Crippen LogP contribution >= 0.6 is 11.6 Å². The van der Waals surface area contributed by atoms with Crippen LogP contribution in [0, 0.1) is 5.92 Å². The van der Waals surface area contributed by atoms with Gasteiger partial charge in [0.05, 0.1) is 11.1 Å². The highest BCUT2D eigenvalue weighted by atomic mass is 35.5. The molecule has 0 bridgehead atoms. The van der Waals surface area contributed by atoms with Gasteiger partial charge in [-0.05, 0) is 43.7 Å². The van der Waals surface area contributed by atoms with Gasteiger partial charge in [0.25, 0.3) is 5.91 Å². The fourth-order valence-corrected chi connectivity index (χ4v) is 4.73. The number of hydrogen-bond acceptors (Lipinski definition) is 4. The molecule has 0 spiro atoms. The molecular weight excluding hydrogens is 364 g/mol. The zero-order valence-electron chi connectivity index (χ0n) is 15.2. The zero-order chi connectivity index (χ0) is 18.8. The van der Waals surface area contributed by atoms with Gasteiger partial charge in [0.15, 0.2) is 6.61 Å². The summed E-state index contributed by atoms with van der Waals surface area (Å²) in [6.07, 6.45) is 6.94. The van der Waals surface area contributed by atoms with Crippen molar-refractivity contribution >= 4 is 34.4 Å². The average Bonchev–Trinajstić information content (AvgIpc) is 2.70. The second kappa shape index (κ2) is 7.85. The summed E-state index contributed by atoms with van der Waals surface area (Å²) in [6, 6.07) is 9.07. The standard InChI is InChI=1S/C21H23ClN2O3/c22-19-12-16(15-8-2-3-9-17(15)23-19)21(26)27-13-20(25)24-11-5-7-14-6-1-4-10-18(14)24/h2-3,8-9,12,14,18H,1,4-7,10-11,13H2/t14-,18+/m1/s1. The molecule has 6 heteroatoms. The number of rotatable bonds is 3. The first kappa shape index (κ1) is 18.2. The Hall–Kier alpha value is -2.14. The van der Waals surface area contributed by atoms with Crippen molar-refractivity contribution in [2.24, 2.45) is 5.92 Å². The Morgan fingerprint density at radius 3 is 2.81 bits per heavy atom. The van der Waals surface area contributed by atoms with E-state index in [0.717, 1.165) is 19.4 Å². The van der Waals surface area contributed by atoms with Gasteiger partial charge in [0.1, 0.15) is 5.15 Å². The highest BCUT2D eigenvalue weighted by molar-refractivity contribution is 6.30. The number of hydrogen-bond donors (Lipinski definition) is 0. The van der Waals surface area contributed by atoms with E-state index in [1.165, 1.54) is 31.7 Å².